The largest absolute Gasteiger partial charge is 0.546 e. The van der Waals surface area contributed by atoms with E-state index in [1.165, 1.54) is 24.0 Å². The number of carbonyl (C=O) groups excluding carboxylic acids is 1. The third-order valence-electron chi connectivity index (χ3n) is 5.54. The number of amides is 1. The molecule has 0 saturated heterocycles. The van der Waals surface area contributed by atoms with Gasteiger partial charge in [-0.1, -0.05) is 0 Å². The lowest BCUT2D eigenvalue weighted by atomic mass is 10.1. The van der Waals surface area contributed by atoms with E-state index < -0.39 is 70.8 Å². The minimum atomic E-state index is -5.42. The Kier molecular flexibility index (Phi) is 7.76. The number of carbonyl (C=O) groups is 1. The van der Waals surface area contributed by atoms with Crippen molar-refractivity contribution in [1.29, 1.82) is 0 Å². The maximum atomic E-state index is 14.9. The number of hydrogen-bond acceptors (Lipinski definition) is 8. The van der Waals surface area contributed by atoms with Crippen molar-refractivity contribution in [3.05, 3.63) is 71.3 Å². The summed E-state index contributed by atoms with van der Waals surface area (Å²) in [6.45, 7) is 0. The molecule has 19 heteroatoms. The number of aryl methyl sites for hydroxylation is 1. The van der Waals surface area contributed by atoms with E-state index in [1.54, 1.807) is 0 Å². The van der Waals surface area contributed by atoms with Crippen LogP contribution in [0.2, 0.25) is 0 Å². The lowest BCUT2D eigenvalue weighted by Crippen LogP contribution is -2.36. The van der Waals surface area contributed by atoms with Gasteiger partial charge >= 0.3 is 19.7 Å². The zero-order chi connectivity index (χ0) is 29.7. The van der Waals surface area contributed by atoms with Crippen LogP contribution in [0.15, 0.2) is 37.5 Å². The van der Waals surface area contributed by atoms with Crippen LogP contribution in [0, 0.1) is 11.6 Å². The molecule has 4 aromatic rings. The lowest BCUT2D eigenvalue weighted by molar-refractivity contribution is -0.142. The maximum Gasteiger partial charge on any atom is 0.546 e. The Morgan fingerprint density at radius 1 is 1.12 bits per heavy atom. The predicted molar refractivity (Wildman–Crippen MR) is 133 cm³/mol. The van der Waals surface area contributed by atoms with Crippen molar-refractivity contribution < 1.29 is 45.4 Å². The second-order valence-corrected chi connectivity index (χ2v) is 11.2. The summed E-state index contributed by atoms with van der Waals surface area (Å²) in [4.78, 5) is 51.0. The molecule has 0 bridgehead atoms. The van der Waals surface area contributed by atoms with Crippen LogP contribution in [0.4, 0.5) is 22.0 Å². The lowest BCUT2D eigenvalue weighted by Gasteiger charge is -2.15. The summed E-state index contributed by atoms with van der Waals surface area (Å²) >= 11 is 1.54. The summed E-state index contributed by atoms with van der Waals surface area (Å²) in [7, 11) is -1.49. The van der Waals surface area contributed by atoms with E-state index in [9.17, 15) is 45.8 Å². The molecule has 0 aliphatic carbocycles. The summed E-state index contributed by atoms with van der Waals surface area (Å²) in [5.41, 5.74) is -4.75. The van der Waals surface area contributed by atoms with Crippen molar-refractivity contribution in [2.45, 2.75) is 12.6 Å². The summed E-state index contributed by atoms with van der Waals surface area (Å²) in [6, 6.07) is 0.982. The second kappa shape index (κ2) is 10.5. The number of nitrogens with zero attached hydrogens (tertiary/aromatic N) is 4. The molecule has 0 saturated carbocycles. The number of halogens is 5. The fraction of sp³-hybridized carbons (Fsp3) is 0.238. The Bertz CT molecular complexity index is 1900. The first kappa shape index (κ1) is 29.5. The van der Waals surface area contributed by atoms with E-state index in [-0.39, 0.29) is 10.9 Å². The SMILES string of the molecule is COP(=O)(O)On1c(-c2ccc(F)c(C(F)(F)F)c2F)csc1=NC(=O)Cc1csc2c1c(=O)n(C)c(=O)n2C. The van der Waals surface area contributed by atoms with Crippen LogP contribution in [0.5, 0.6) is 0 Å². The number of hydrogen-bond donors (Lipinski definition) is 1. The molecule has 1 amide bonds. The molecule has 0 aliphatic heterocycles. The molecular weight excluding hydrogens is 610 g/mol. The molecule has 1 aromatic carbocycles. The Balaban J connectivity index is 1.85. The molecule has 0 spiro atoms. The number of alkyl halides is 3. The van der Waals surface area contributed by atoms with Crippen molar-refractivity contribution in [1.82, 2.24) is 13.9 Å². The summed E-state index contributed by atoms with van der Waals surface area (Å²) in [5.74, 6) is -4.88. The number of phosphoric ester groups is 1. The monoisotopic (exact) mass is 626 g/mol. The van der Waals surface area contributed by atoms with Gasteiger partial charge < -0.3 is 4.62 Å². The highest BCUT2D eigenvalue weighted by atomic mass is 32.1. The van der Waals surface area contributed by atoms with E-state index >= 15 is 0 Å². The molecule has 0 radical (unpaired) electrons. The molecule has 1 atom stereocenters. The molecule has 3 aromatic heterocycles. The van der Waals surface area contributed by atoms with Crippen LogP contribution in [-0.2, 0) is 40.6 Å². The molecule has 4 rings (SSSR count). The van der Waals surface area contributed by atoms with Crippen LogP contribution in [0.3, 0.4) is 0 Å². The molecule has 214 valence electrons. The van der Waals surface area contributed by atoms with E-state index in [1.807, 2.05) is 0 Å². The minimum absolute atomic E-state index is 0.0847. The fourth-order valence-corrected chi connectivity index (χ4v) is 5.99. The predicted octanol–water partition coefficient (Wildman–Crippen LogP) is 2.97. The van der Waals surface area contributed by atoms with Gasteiger partial charge in [-0.15, -0.1) is 27.4 Å². The third-order valence-corrected chi connectivity index (χ3v) is 8.29. The van der Waals surface area contributed by atoms with E-state index in [2.05, 4.69) is 9.52 Å². The van der Waals surface area contributed by atoms with Crippen LogP contribution < -0.4 is 20.7 Å². The molecule has 1 unspecified atom stereocenters. The zero-order valence-corrected chi connectivity index (χ0v) is 22.9. The van der Waals surface area contributed by atoms with Gasteiger partial charge in [-0.05, 0) is 23.1 Å². The average molecular weight is 626 g/mol. The quantitative estimate of drug-likeness (QED) is 0.257. The molecule has 0 fully saturated rings. The second-order valence-electron chi connectivity index (χ2n) is 8.04. The first-order valence-corrected chi connectivity index (χ1v) is 13.9. The first-order chi connectivity index (χ1) is 18.6. The van der Waals surface area contributed by atoms with Gasteiger partial charge in [0.05, 0.1) is 11.8 Å². The Morgan fingerprint density at radius 2 is 1.80 bits per heavy atom. The molecule has 1 N–H and O–H groups in total. The van der Waals surface area contributed by atoms with Crippen LogP contribution in [0.1, 0.15) is 11.1 Å². The van der Waals surface area contributed by atoms with Crippen molar-refractivity contribution in [3.8, 4) is 11.3 Å². The standard InChI is InChI=1S/C21H16F5N4O7PS2/c1-28-17(32)14-9(7-39-18(14)29(2)20(28)33)6-13(31)27-19-30(37-38(34,35)36-3)12(8-40-19)10-4-5-11(22)15(16(10)23)21(24,25)26/h4-5,7-8H,6H2,1-3H3,(H,34,35). The highest BCUT2D eigenvalue weighted by molar-refractivity contribution is 7.47. The first-order valence-electron chi connectivity index (χ1n) is 10.7. The number of thiophene rings is 1. The van der Waals surface area contributed by atoms with E-state index in [4.69, 9.17) is 4.62 Å². The molecule has 11 nitrogen and oxygen atoms in total. The summed E-state index contributed by atoms with van der Waals surface area (Å²) < 4.78 is 92.2. The van der Waals surface area contributed by atoms with Crippen LogP contribution in [-0.4, -0.2) is 31.8 Å². The highest BCUT2D eigenvalue weighted by Gasteiger charge is 2.39. The zero-order valence-electron chi connectivity index (χ0n) is 20.4. The number of fused-ring (bicyclic) bond motifs is 1. The number of aromatic nitrogens is 3. The van der Waals surface area contributed by atoms with Gasteiger partial charge in [0, 0.05) is 32.1 Å². The van der Waals surface area contributed by atoms with E-state index in [0.717, 1.165) is 28.4 Å². The smallest absolute Gasteiger partial charge is 0.308 e. The average Bonchev–Trinajstić information content (AvgIpc) is 3.44. The Hall–Kier alpha value is -3.44. The number of rotatable bonds is 6. The normalized spacial score (nSPS) is 14.1. The Labute approximate surface area is 227 Å². The number of thiazole rings is 1. The Morgan fingerprint density at radius 3 is 2.42 bits per heavy atom. The molecular formula is C21H16F5N4O7PS2. The number of phosphoric acid groups is 1. The topological polar surface area (TPSA) is 134 Å². The van der Waals surface area contributed by atoms with Crippen molar-refractivity contribution >= 4 is 46.6 Å². The van der Waals surface area contributed by atoms with Crippen molar-refractivity contribution in [2.24, 2.45) is 19.1 Å². The molecule has 40 heavy (non-hydrogen) atoms. The van der Waals surface area contributed by atoms with Gasteiger partial charge in [0.1, 0.15) is 27.7 Å². The van der Waals surface area contributed by atoms with Gasteiger partial charge in [0.15, 0.2) is 0 Å². The van der Waals surface area contributed by atoms with Gasteiger partial charge in [0.25, 0.3) is 11.5 Å². The number of benzene rings is 1. The van der Waals surface area contributed by atoms with Crippen molar-refractivity contribution in [2.75, 3.05) is 7.11 Å². The maximum absolute atomic E-state index is 14.9. The highest BCUT2D eigenvalue weighted by Crippen LogP contribution is 2.41. The minimum Gasteiger partial charge on any atom is -0.308 e. The molecule has 0 aliphatic rings. The van der Waals surface area contributed by atoms with Crippen LogP contribution >= 0.6 is 30.5 Å². The van der Waals surface area contributed by atoms with Gasteiger partial charge in [-0.25, -0.2) is 18.1 Å². The molecule has 3 heterocycles. The summed E-state index contributed by atoms with van der Waals surface area (Å²) in [6.07, 6.45) is -5.91. The van der Waals surface area contributed by atoms with E-state index in [0.29, 0.717) is 33.0 Å². The summed E-state index contributed by atoms with van der Waals surface area (Å²) in [5, 5.41) is 2.51. The van der Waals surface area contributed by atoms with Gasteiger partial charge in [-0.3, -0.25) is 28.1 Å². The van der Waals surface area contributed by atoms with Crippen molar-refractivity contribution in [3.63, 3.8) is 0 Å². The van der Waals surface area contributed by atoms with Gasteiger partial charge in [-0.2, -0.15) is 18.2 Å². The fourth-order valence-electron chi connectivity index (χ4n) is 3.64. The third kappa shape index (κ3) is 5.32. The van der Waals surface area contributed by atoms with Gasteiger partial charge in [0.2, 0.25) is 4.80 Å². The van der Waals surface area contributed by atoms with Crippen LogP contribution in [0.25, 0.3) is 21.5 Å².